The molecular weight excluding hydrogens is 282 g/mol. The van der Waals surface area contributed by atoms with Gasteiger partial charge in [0.1, 0.15) is 0 Å². The monoisotopic (exact) mass is 291 g/mol. The lowest BCUT2D eigenvalue weighted by Gasteiger charge is -2.05. The Morgan fingerprint density at radius 2 is 2.25 bits per heavy atom. The van der Waals surface area contributed by atoms with Gasteiger partial charge < -0.3 is 0 Å². The van der Waals surface area contributed by atoms with Crippen molar-refractivity contribution in [3.8, 4) is 0 Å². The Kier molecular flexibility index (Phi) is 4.22. The summed E-state index contributed by atoms with van der Waals surface area (Å²) in [5, 5.41) is 1.03. The molecule has 1 aromatic rings. The van der Waals surface area contributed by atoms with Crippen LogP contribution in [0, 0.1) is 5.92 Å². The third-order valence-electron chi connectivity index (χ3n) is 1.61. The number of hydrogen-bond acceptors (Lipinski definition) is 1. The topological polar surface area (TPSA) is 12.9 Å². The van der Waals surface area contributed by atoms with Crippen molar-refractivity contribution < 1.29 is 0 Å². The van der Waals surface area contributed by atoms with E-state index in [9.17, 15) is 0 Å². The molecule has 1 heterocycles. The SMILES string of the molecule is CC(CBr)Cc1ccc(Br)cn1. The summed E-state index contributed by atoms with van der Waals surface area (Å²) in [4.78, 5) is 4.30. The summed E-state index contributed by atoms with van der Waals surface area (Å²) in [6.07, 6.45) is 2.88. The van der Waals surface area contributed by atoms with Gasteiger partial charge in [-0.3, -0.25) is 4.98 Å². The van der Waals surface area contributed by atoms with Crippen molar-refractivity contribution in [3.63, 3.8) is 0 Å². The molecule has 0 spiro atoms. The molecule has 0 saturated heterocycles. The number of halogens is 2. The number of alkyl halides is 1. The highest BCUT2D eigenvalue weighted by atomic mass is 79.9. The first-order valence-corrected chi connectivity index (χ1v) is 5.80. The number of aromatic nitrogens is 1. The van der Waals surface area contributed by atoms with E-state index in [2.05, 4.69) is 49.8 Å². The average molecular weight is 293 g/mol. The van der Waals surface area contributed by atoms with Gasteiger partial charge in [-0.05, 0) is 40.4 Å². The van der Waals surface area contributed by atoms with Crippen molar-refractivity contribution >= 4 is 31.9 Å². The van der Waals surface area contributed by atoms with Gasteiger partial charge in [-0.15, -0.1) is 0 Å². The molecule has 1 aromatic heterocycles. The van der Waals surface area contributed by atoms with E-state index in [-0.39, 0.29) is 0 Å². The molecular formula is C9H11Br2N. The van der Waals surface area contributed by atoms with Gasteiger partial charge in [0.2, 0.25) is 0 Å². The molecule has 66 valence electrons. The van der Waals surface area contributed by atoms with Crippen LogP contribution in [-0.2, 0) is 6.42 Å². The highest BCUT2D eigenvalue weighted by Gasteiger charge is 2.01. The van der Waals surface area contributed by atoms with E-state index in [1.54, 1.807) is 0 Å². The van der Waals surface area contributed by atoms with Gasteiger partial charge in [0.05, 0.1) is 0 Å². The van der Waals surface area contributed by atoms with Crippen LogP contribution in [0.1, 0.15) is 12.6 Å². The molecule has 1 unspecified atom stereocenters. The molecule has 12 heavy (non-hydrogen) atoms. The molecule has 1 atom stereocenters. The predicted molar refractivity (Wildman–Crippen MR) is 58.6 cm³/mol. The summed E-state index contributed by atoms with van der Waals surface area (Å²) >= 11 is 6.81. The lowest BCUT2D eigenvalue weighted by molar-refractivity contribution is 0.650. The summed E-state index contributed by atoms with van der Waals surface area (Å²) in [6.45, 7) is 2.21. The summed E-state index contributed by atoms with van der Waals surface area (Å²) < 4.78 is 1.04. The maximum atomic E-state index is 4.30. The summed E-state index contributed by atoms with van der Waals surface area (Å²) in [7, 11) is 0. The van der Waals surface area contributed by atoms with Crippen molar-refractivity contribution in [1.29, 1.82) is 0 Å². The number of rotatable bonds is 3. The molecule has 0 radical (unpaired) electrons. The van der Waals surface area contributed by atoms with Crippen LogP contribution in [0.15, 0.2) is 22.8 Å². The lowest BCUT2D eigenvalue weighted by Crippen LogP contribution is -2.02. The van der Waals surface area contributed by atoms with Crippen LogP contribution in [0.5, 0.6) is 0 Å². The van der Waals surface area contributed by atoms with E-state index < -0.39 is 0 Å². The van der Waals surface area contributed by atoms with Crippen LogP contribution in [0.25, 0.3) is 0 Å². The summed E-state index contributed by atoms with van der Waals surface area (Å²) in [6, 6.07) is 4.09. The lowest BCUT2D eigenvalue weighted by atomic mass is 10.1. The fourth-order valence-corrected chi connectivity index (χ4v) is 1.40. The molecule has 0 amide bonds. The van der Waals surface area contributed by atoms with Gasteiger partial charge in [0, 0.05) is 21.7 Å². The Hall–Kier alpha value is 0.110. The zero-order valence-corrected chi connectivity index (χ0v) is 10.1. The molecule has 0 aliphatic heterocycles. The van der Waals surface area contributed by atoms with E-state index in [1.165, 1.54) is 0 Å². The fraction of sp³-hybridized carbons (Fsp3) is 0.444. The first-order valence-electron chi connectivity index (χ1n) is 3.88. The maximum absolute atomic E-state index is 4.30. The van der Waals surface area contributed by atoms with Gasteiger partial charge in [-0.2, -0.15) is 0 Å². The first kappa shape index (κ1) is 10.2. The van der Waals surface area contributed by atoms with E-state index in [0.717, 1.165) is 21.9 Å². The van der Waals surface area contributed by atoms with Gasteiger partial charge in [-0.25, -0.2) is 0 Å². The summed E-state index contributed by atoms with van der Waals surface area (Å²) in [5.74, 6) is 0.652. The Morgan fingerprint density at radius 1 is 1.50 bits per heavy atom. The third-order valence-corrected chi connectivity index (χ3v) is 3.18. The second-order valence-electron chi connectivity index (χ2n) is 2.93. The maximum Gasteiger partial charge on any atom is 0.0413 e. The average Bonchev–Trinajstić information content (AvgIpc) is 2.09. The Balaban J connectivity index is 2.58. The van der Waals surface area contributed by atoms with Crippen molar-refractivity contribution in [2.24, 2.45) is 5.92 Å². The van der Waals surface area contributed by atoms with Crippen molar-refractivity contribution in [2.45, 2.75) is 13.3 Å². The zero-order valence-electron chi connectivity index (χ0n) is 6.93. The molecule has 0 fully saturated rings. The molecule has 0 aliphatic carbocycles. The van der Waals surface area contributed by atoms with E-state index in [1.807, 2.05) is 12.3 Å². The highest BCUT2D eigenvalue weighted by molar-refractivity contribution is 9.10. The molecule has 3 heteroatoms. The first-order chi connectivity index (χ1) is 5.72. The fourth-order valence-electron chi connectivity index (χ4n) is 0.939. The van der Waals surface area contributed by atoms with Crippen LogP contribution in [-0.4, -0.2) is 10.3 Å². The van der Waals surface area contributed by atoms with E-state index in [0.29, 0.717) is 5.92 Å². The molecule has 0 bridgehead atoms. The van der Waals surface area contributed by atoms with Crippen LogP contribution in [0.2, 0.25) is 0 Å². The third kappa shape index (κ3) is 3.23. The minimum absolute atomic E-state index is 0.652. The predicted octanol–water partition coefficient (Wildman–Crippen LogP) is 3.42. The molecule has 1 nitrogen and oxygen atoms in total. The zero-order chi connectivity index (χ0) is 8.97. The minimum atomic E-state index is 0.652. The van der Waals surface area contributed by atoms with Crippen molar-refractivity contribution in [1.82, 2.24) is 4.98 Å². The normalized spacial score (nSPS) is 12.9. The molecule has 0 saturated carbocycles. The Labute approximate surface area is 89.8 Å². The van der Waals surface area contributed by atoms with Gasteiger partial charge >= 0.3 is 0 Å². The highest BCUT2D eigenvalue weighted by Crippen LogP contribution is 2.11. The van der Waals surface area contributed by atoms with E-state index >= 15 is 0 Å². The molecule has 0 aromatic carbocycles. The van der Waals surface area contributed by atoms with Crippen LogP contribution >= 0.6 is 31.9 Å². The van der Waals surface area contributed by atoms with Crippen LogP contribution < -0.4 is 0 Å². The smallest absolute Gasteiger partial charge is 0.0413 e. The second kappa shape index (κ2) is 4.97. The second-order valence-corrected chi connectivity index (χ2v) is 4.49. The van der Waals surface area contributed by atoms with Crippen molar-refractivity contribution in [3.05, 3.63) is 28.5 Å². The Bertz CT molecular complexity index is 233. The summed E-state index contributed by atoms with van der Waals surface area (Å²) in [5.41, 5.74) is 1.16. The van der Waals surface area contributed by atoms with Gasteiger partial charge in [0.25, 0.3) is 0 Å². The molecule has 0 N–H and O–H groups in total. The Morgan fingerprint density at radius 3 is 2.75 bits per heavy atom. The number of pyridine rings is 1. The van der Waals surface area contributed by atoms with Gasteiger partial charge in [0.15, 0.2) is 0 Å². The van der Waals surface area contributed by atoms with Crippen LogP contribution in [0.4, 0.5) is 0 Å². The van der Waals surface area contributed by atoms with Gasteiger partial charge in [-0.1, -0.05) is 22.9 Å². The standard InChI is InChI=1S/C9H11Br2N/c1-7(5-10)4-9-3-2-8(11)6-12-9/h2-3,6-7H,4-5H2,1H3. The minimum Gasteiger partial charge on any atom is -0.260 e. The van der Waals surface area contributed by atoms with Crippen LogP contribution in [0.3, 0.4) is 0 Å². The molecule has 1 rings (SSSR count). The quantitative estimate of drug-likeness (QED) is 0.778. The van der Waals surface area contributed by atoms with Crippen molar-refractivity contribution in [2.75, 3.05) is 5.33 Å². The largest absolute Gasteiger partial charge is 0.260 e. The van der Waals surface area contributed by atoms with E-state index in [4.69, 9.17) is 0 Å². The number of nitrogens with zero attached hydrogens (tertiary/aromatic N) is 1. The molecule has 0 aliphatic rings. The number of hydrogen-bond donors (Lipinski definition) is 0.